The maximum Gasteiger partial charge on any atom is 0.180 e. The normalized spacial score (nSPS) is 9.33. The number of carbonyl (C=O) groups excluding carboxylic acids is 1. The molecule has 1 aromatic carbocycles. The van der Waals surface area contributed by atoms with Gasteiger partial charge in [-0.15, -0.1) is 5.92 Å². The number of aryl methyl sites for hydroxylation is 1. The van der Waals surface area contributed by atoms with Crippen LogP contribution in [0, 0.1) is 30.4 Å². The van der Waals surface area contributed by atoms with Crippen LogP contribution in [0.3, 0.4) is 0 Å². The van der Waals surface area contributed by atoms with Crippen LogP contribution >= 0.6 is 0 Å². The number of benzene rings is 1. The Morgan fingerprint density at radius 2 is 2.07 bits per heavy atom. The van der Waals surface area contributed by atoms with Crippen LogP contribution in [-0.4, -0.2) is 5.78 Å². The largest absolute Gasteiger partial charge is 0.293 e. The summed E-state index contributed by atoms with van der Waals surface area (Å²) in [6.45, 7) is 3.05. The third kappa shape index (κ3) is 2.41. The predicted molar refractivity (Wildman–Crippen MR) is 53.5 cm³/mol. The van der Waals surface area contributed by atoms with Crippen LogP contribution in [0.25, 0.3) is 0 Å². The van der Waals surface area contributed by atoms with E-state index in [1.54, 1.807) is 6.92 Å². The van der Waals surface area contributed by atoms with Crippen LogP contribution in [0.1, 0.15) is 29.3 Å². The molecule has 0 aliphatic heterocycles. The molecule has 0 aliphatic carbocycles. The van der Waals surface area contributed by atoms with Gasteiger partial charge in [-0.05, 0) is 25.5 Å². The van der Waals surface area contributed by atoms with Gasteiger partial charge >= 0.3 is 0 Å². The molecule has 0 fully saturated rings. The van der Waals surface area contributed by atoms with E-state index in [2.05, 4.69) is 11.8 Å². The monoisotopic (exact) mass is 208 g/mol. The summed E-state index contributed by atoms with van der Waals surface area (Å²) in [4.78, 5) is 11.4. The highest BCUT2D eigenvalue weighted by Crippen LogP contribution is 2.17. The summed E-state index contributed by atoms with van der Waals surface area (Å²) in [5.41, 5.74) is -0.234. The zero-order chi connectivity index (χ0) is 11.4. The Labute approximate surface area is 87.1 Å². The van der Waals surface area contributed by atoms with Crippen LogP contribution in [0.15, 0.2) is 12.1 Å². The van der Waals surface area contributed by atoms with Crippen LogP contribution in [0.2, 0.25) is 0 Å². The standard InChI is InChI=1S/C12H10F2O/c1-3-4-5-10(15)11-9(13)7-6-8(2)12(11)14/h6-7H,5H2,1-2H3. The highest BCUT2D eigenvalue weighted by Gasteiger charge is 2.17. The molecule has 1 nitrogen and oxygen atoms in total. The third-order valence-electron chi connectivity index (χ3n) is 1.99. The number of carbonyl (C=O) groups is 1. The quantitative estimate of drug-likeness (QED) is 0.539. The van der Waals surface area contributed by atoms with Crippen LogP contribution < -0.4 is 0 Å². The van der Waals surface area contributed by atoms with Crippen molar-refractivity contribution in [2.24, 2.45) is 0 Å². The summed E-state index contributed by atoms with van der Waals surface area (Å²) in [5, 5.41) is 0. The van der Waals surface area contributed by atoms with E-state index < -0.39 is 23.0 Å². The van der Waals surface area contributed by atoms with Gasteiger partial charge in [0.15, 0.2) is 5.78 Å². The van der Waals surface area contributed by atoms with Crippen molar-refractivity contribution in [1.29, 1.82) is 0 Å². The van der Waals surface area contributed by atoms with Gasteiger partial charge in [0, 0.05) is 0 Å². The Hall–Kier alpha value is -1.69. The molecule has 0 saturated heterocycles. The fourth-order valence-electron chi connectivity index (χ4n) is 1.17. The van der Waals surface area contributed by atoms with Crippen LogP contribution in [0.5, 0.6) is 0 Å². The lowest BCUT2D eigenvalue weighted by molar-refractivity contribution is 0.0990. The second-order valence-electron chi connectivity index (χ2n) is 3.08. The van der Waals surface area contributed by atoms with Gasteiger partial charge in [0.25, 0.3) is 0 Å². The molecule has 0 unspecified atom stereocenters. The molecule has 3 heteroatoms. The van der Waals surface area contributed by atoms with Crippen molar-refractivity contribution in [2.75, 3.05) is 0 Å². The lowest BCUT2D eigenvalue weighted by atomic mass is 10.0. The van der Waals surface area contributed by atoms with E-state index in [1.807, 2.05) is 0 Å². The topological polar surface area (TPSA) is 17.1 Å². The number of hydrogen-bond donors (Lipinski definition) is 0. The Balaban J connectivity index is 3.16. The summed E-state index contributed by atoms with van der Waals surface area (Å²) in [7, 11) is 0. The first-order valence-corrected chi connectivity index (χ1v) is 4.45. The molecule has 78 valence electrons. The predicted octanol–water partition coefficient (Wildman–Crippen LogP) is 2.87. The summed E-state index contributed by atoms with van der Waals surface area (Å²) < 4.78 is 26.6. The molecule has 1 aromatic rings. The minimum atomic E-state index is -0.832. The molecule has 0 saturated carbocycles. The number of rotatable bonds is 2. The summed E-state index contributed by atoms with van der Waals surface area (Å²) in [5.74, 6) is 2.75. The fraction of sp³-hybridized carbons (Fsp3) is 0.250. The SMILES string of the molecule is CC#CCC(=O)c1c(F)ccc(C)c1F. The molecular formula is C12H10F2O. The van der Waals surface area contributed by atoms with E-state index in [-0.39, 0.29) is 12.0 Å². The molecule has 0 heterocycles. The van der Waals surface area contributed by atoms with Crippen LogP contribution in [-0.2, 0) is 0 Å². The van der Waals surface area contributed by atoms with Gasteiger partial charge in [-0.25, -0.2) is 8.78 Å². The van der Waals surface area contributed by atoms with E-state index in [4.69, 9.17) is 0 Å². The van der Waals surface area contributed by atoms with E-state index in [9.17, 15) is 13.6 Å². The zero-order valence-corrected chi connectivity index (χ0v) is 8.53. The van der Waals surface area contributed by atoms with E-state index in [1.165, 1.54) is 13.0 Å². The molecule has 1 rings (SSSR count). The molecule has 0 aromatic heterocycles. The van der Waals surface area contributed by atoms with Gasteiger partial charge in [-0.1, -0.05) is 12.0 Å². The highest BCUT2D eigenvalue weighted by molar-refractivity contribution is 5.98. The van der Waals surface area contributed by atoms with Crippen LogP contribution in [0.4, 0.5) is 8.78 Å². The lowest BCUT2D eigenvalue weighted by Crippen LogP contribution is -2.06. The first-order chi connectivity index (χ1) is 7.07. The van der Waals surface area contributed by atoms with Gasteiger partial charge in [-0.2, -0.15) is 0 Å². The third-order valence-corrected chi connectivity index (χ3v) is 1.99. The molecule has 15 heavy (non-hydrogen) atoms. The van der Waals surface area contributed by atoms with Gasteiger partial charge in [0.1, 0.15) is 11.6 Å². The van der Waals surface area contributed by atoms with Gasteiger partial charge < -0.3 is 0 Å². The number of halogens is 2. The first-order valence-electron chi connectivity index (χ1n) is 4.45. The van der Waals surface area contributed by atoms with Crippen molar-refractivity contribution in [3.05, 3.63) is 34.9 Å². The van der Waals surface area contributed by atoms with E-state index in [0.29, 0.717) is 0 Å². The molecule has 0 N–H and O–H groups in total. The number of Topliss-reactive ketones (excluding diaryl/α,β-unsaturated/α-hetero) is 1. The molecular weight excluding hydrogens is 198 g/mol. The number of hydrogen-bond acceptors (Lipinski definition) is 1. The maximum absolute atomic E-state index is 13.4. The summed E-state index contributed by atoms with van der Waals surface area (Å²) in [6, 6.07) is 2.39. The van der Waals surface area contributed by atoms with E-state index >= 15 is 0 Å². The van der Waals surface area contributed by atoms with Crippen molar-refractivity contribution in [1.82, 2.24) is 0 Å². The smallest absolute Gasteiger partial charge is 0.180 e. The zero-order valence-electron chi connectivity index (χ0n) is 8.53. The van der Waals surface area contributed by atoms with Crippen molar-refractivity contribution in [3.63, 3.8) is 0 Å². The fourth-order valence-corrected chi connectivity index (χ4v) is 1.17. The Morgan fingerprint density at radius 3 is 2.67 bits per heavy atom. The molecule has 0 atom stereocenters. The van der Waals surface area contributed by atoms with E-state index in [0.717, 1.165) is 6.07 Å². The van der Waals surface area contributed by atoms with Gasteiger partial charge in [0.2, 0.25) is 0 Å². The molecule has 0 radical (unpaired) electrons. The Bertz CT molecular complexity index is 453. The Kier molecular flexibility index (Phi) is 3.56. The van der Waals surface area contributed by atoms with Crippen molar-refractivity contribution < 1.29 is 13.6 Å². The number of ketones is 1. The highest BCUT2D eigenvalue weighted by atomic mass is 19.1. The second kappa shape index (κ2) is 4.70. The van der Waals surface area contributed by atoms with Gasteiger partial charge in [-0.3, -0.25) is 4.79 Å². The minimum Gasteiger partial charge on any atom is -0.293 e. The average Bonchev–Trinajstić information content (AvgIpc) is 2.21. The Morgan fingerprint density at radius 1 is 1.40 bits per heavy atom. The maximum atomic E-state index is 13.4. The first kappa shape index (κ1) is 11.4. The average molecular weight is 208 g/mol. The molecule has 0 spiro atoms. The summed E-state index contributed by atoms with van der Waals surface area (Å²) >= 11 is 0. The minimum absolute atomic E-state index is 0.159. The van der Waals surface area contributed by atoms with Crippen molar-refractivity contribution in [2.45, 2.75) is 20.3 Å². The second-order valence-corrected chi connectivity index (χ2v) is 3.08. The van der Waals surface area contributed by atoms with Crippen molar-refractivity contribution in [3.8, 4) is 11.8 Å². The lowest BCUT2D eigenvalue weighted by Gasteiger charge is -2.04. The molecule has 0 amide bonds. The summed E-state index contributed by atoms with van der Waals surface area (Å²) in [6.07, 6.45) is -0.159. The van der Waals surface area contributed by atoms with Crippen molar-refractivity contribution >= 4 is 5.78 Å². The molecule has 0 aliphatic rings. The molecule has 0 bridgehead atoms. The van der Waals surface area contributed by atoms with Gasteiger partial charge in [0.05, 0.1) is 12.0 Å².